The summed E-state index contributed by atoms with van der Waals surface area (Å²) in [5.41, 5.74) is -0.179. The van der Waals surface area contributed by atoms with Crippen LogP contribution in [-0.2, 0) is 13.6 Å². The van der Waals surface area contributed by atoms with E-state index in [2.05, 4.69) is 20.0 Å². The maximum atomic E-state index is 12.2. The number of fused-ring (bicyclic) bond motifs is 1. The highest BCUT2D eigenvalue weighted by Crippen LogP contribution is 2.22. The van der Waals surface area contributed by atoms with Crippen LogP contribution in [0.2, 0.25) is 0 Å². The summed E-state index contributed by atoms with van der Waals surface area (Å²) in [6.45, 7) is 2.10. The van der Waals surface area contributed by atoms with Gasteiger partial charge in [0.05, 0.1) is 6.54 Å². The molecule has 0 saturated carbocycles. The monoisotopic (exact) mass is 305 g/mol. The van der Waals surface area contributed by atoms with E-state index in [1.54, 1.807) is 11.6 Å². The molecule has 1 aliphatic heterocycles. The van der Waals surface area contributed by atoms with Gasteiger partial charge in [-0.15, -0.1) is 0 Å². The second kappa shape index (κ2) is 5.66. The van der Waals surface area contributed by atoms with Gasteiger partial charge in [0.15, 0.2) is 11.2 Å². The fraction of sp³-hybridized carbons (Fsp3) is 0.538. The molecule has 1 fully saturated rings. The second-order valence-electron chi connectivity index (χ2n) is 5.39. The highest BCUT2D eigenvalue weighted by Gasteiger charge is 2.22. The topological polar surface area (TPSA) is 114 Å². The molecule has 0 aromatic carbocycles. The van der Waals surface area contributed by atoms with Crippen LogP contribution in [0.15, 0.2) is 14.7 Å². The number of anilines is 1. The van der Waals surface area contributed by atoms with Crippen LogP contribution in [0, 0.1) is 0 Å². The zero-order valence-electron chi connectivity index (χ0n) is 12.4. The van der Waals surface area contributed by atoms with Gasteiger partial charge < -0.3 is 10.7 Å². The third-order valence-corrected chi connectivity index (χ3v) is 4.00. The molecular weight excluding hydrogens is 286 g/mol. The van der Waals surface area contributed by atoms with Crippen molar-refractivity contribution in [3.8, 4) is 0 Å². The predicted octanol–water partition coefficient (Wildman–Crippen LogP) is -0.642. The Morgan fingerprint density at radius 2 is 2.05 bits per heavy atom. The molecule has 3 rings (SSSR count). The van der Waals surface area contributed by atoms with Crippen LogP contribution in [0.5, 0.6) is 0 Å². The summed E-state index contributed by atoms with van der Waals surface area (Å²) in [5, 5.41) is 3.50. The number of aromatic nitrogens is 4. The van der Waals surface area contributed by atoms with Crippen LogP contribution in [0.25, 0.3) is 11.2 Å². The molecule has 2 aromatic rings. The van der Waals surface area contributed by atoms with Gasteiger partial charge in [0, 0.05) is 26.4 Å². The third-order valence-electron chi connectivity index (χ3n) is 4.00. The van der Waals surface area contributed by atoms with Crippen molar-refractivity contribution in [1.29, 1.82) is 0 Å². The van der Waals surface area contributed by atoms with E-state index in [4.69, 9.17) is 5.84 Å². The standard InChI is InChI=1S/C13H19N7O2/c1-18-10-9(11(21)17-13(18)22)20(8-5-15-14)12(16-10)19-6-3-2-4-7-19/h5H,2-4,6-8,14H2,1H3,(H,17,21,22). The first kappa shape index (κ1) is 14.4. The number of rotatable bonds is 3. The van der Waals surface area contributed by atoms with Crippen LogP contribution >= 0.6 is 0 Å². The van der Waals surface area contributed by atoms with Crippen molar-refractivity contribution in [3.05, 3.63) is 20.8 Å². The summed E-state index contributed by atoms with van der Waals surface area (Å²) in [6.07, 6.45) is 4.88. The first-order chi connectivity index (χ1) is 10.6. The number of H-pyrrole nitrogens is 1. The molecule has 0 unspecified atom stereocenters. The van der Waals surface area contributed by atoms with Crippen LogP contribution in [0.4, 0.5) is 5.95 Å². The van der Waals surface area contributed by atoms with Crippen molar-refractivity contribution in [3.63, 3.8) is 0 Å². The van der Waals surface area contributed by atoms with Crippen molar-refractivity contribution in [2.75, 3.05) is 18.0 Å². The third kappa shape index (κ3) is 2.28. The van der Waals surface area contributed by atoms with Crippen LogP contribution in [-0.4, -0.2) is 38.4 Å². The maximum Gasteiger partial charge on any atom is 0.329 e. The van der Waals surface area contributed by atoms with Crippen LogP contribution in [0.3, 0.4) is 0 Å². The first-order valence-electron chi connectivity index (χ1n) is 7.29. The Morgan fingerprint density at radius 1 is 1.32 bits per heavy atom. The van der Waals surface area contributed by atoms with Crippen LogP contribution < -0.4 is 22.0 Å². The van der Waals surface area contributed by atoms with Gasteiger partial charge in [-0.25, -0.2) is 4.79 Å². The Labute approximate surface area is 126 Å². The molecule has 3 N–H and O–H groups in total. The molecule has 0 bridgehead atoms. The zero-order valence-corrected chi connectivity index (χ0v) is 12.4. The molecule has 0 radical (unpaired) electrons. The summed E-state index contributed by atoms with van der Waals surface area (Å²) in [7, 11) is 1.59. The number of hydrogen-bond donors (Lipinski definition) is 2. The number of aromatic amines is 1. The molecule has 1 aliphatic rings. The number of piperidine rings is 1. The van der Waals surface area contributed by atoms with Gasteiger partial charge in [-0.2, -0.15) is 10.1 Å². The van der Waals surface area contributed by atoms with E-state index in [1.807, 2.05) is 0 Å². The van der Waals surface area contributed by atoms with Crippen molar-refractivity contribution < 1.29 is 0 Å². The maximum absolute atomic E-state index is 12.2. The van der Waals surface area contributed by atoms with E-state index >= 15 is 0 Å². The van der Waals surface area contributed by atoms with Crippen LogP contribution in [0.1, 0.15) is 19.3 Å². The highest BCUT2D eigenvalue weighted by molar-refractivity contribution is 5.76. The van der Waals surface area contributed by atoms with Crippen molar-refractivity contribution in [1.82, 2.24) is 19.1 Å². The normalized spacial score (nSPS) is 16.0. The average Bonchev–Trinajstić information content (AvgIpc) is 2.91. The minimum absolute atomic E-state index is 0.333. The quantitative estimate of drug-likeness (QED) is 0.444. The summed E-state index contributed by atoms with van der Waals surface area (Å²) >= 11 is 0. The minimum Gasteiger partial charge on any atom is -0.342 e. The lowest BCUT2D eigenvalue weighted by Crippen LogP contribution is -2.32. The molecule has 1 saturated heterocycles. The summed E-state index contributed by atoms with van der Waals surface area (Å²) in [5.74, 6) is 5.87. The molecular formula is C13H19N7O2. The summed E-state index contributed by atoms with van der Waals surface area (Å²) in [4.78, 5) is 33.0. The molecule has 2 aromatic heterocycles. The SMILES string of the molecule is Cn1c(=O)[nH]c(=O)c2c1nc(N1CCCCC1)n2CC=NN. The Hall–Kier alpha value is -2.58. The van der Waals surface area contributed by atoms with Gasteiger partial charge in [0.2, 0.25) is 5.95 Å². The van der Waals surface area contributed by atoms with E-state index in [0.717, 1.165) is 25.9 Å². The predicted molar refractivity (Wildman–Crippen MR) is 84.3 cm³/mol. The Bertz CT molecular complexity index is 823. The molecule has 3 heterocycles. The van der Waals surface area contributed by atoms with Gasteiger partial charge in [0.1, 0.15) is 0 Å². The Morgan fingerprint density at radius 3 is 2.73 bits per heavy atom. The second-order valence-corrected chi connectivity index (χ2v) is 5.39. The van der Waals surface area contributed by atoms with Gasteiger partial charge in [-0.05, 0) is 19.3 Å². The van der Waals surface area contributed by atoms with E-state index in [-0.39, 0.29) is 0 Å². The summed E-state index contributed by atoms with van der Waals surface area (Å²) < 4.78 is 3.11. The smallest absolute Gasteiger partial charge is 0.329 e. The average molecular weight is 305 g/mol. The highest BCUT2D eigenvalue weighted by atomic mass is 16.2. The number of nitrogens with zero attached hydrogens (tertiary/aromatic N) is 5. The van der Waals surface area contributed by atoms with E-state index in [9.17, 15) is 9.59 Å². The number of nitrogens with one attached hydrogen (secondary N) is 1. The molecule has 0 aliphatic carbocycles. The molecule has 22 heavy (non-hydrogen) atoms. The van der Waals surface area contributed by atoms with Gasteiger partial charge >= 0.3 is 5.69 Å². The number of imidazole rings is 1. The number of aryl methyl sites for hydroxylation is 1. The Balaban J connectivity index is 2.25. The number of nitrogens with two attached hydrogens (primary N) is 1. The van der Waals surface area contributed by atoms with Gasteiger partial charge in [-0.3, -0.25) is 18.9 Å². The largest absolute Gasteiger partial charge is 0.342 e. The van der Waals surface area contributed by atoms with Crippen molar-refractivity contribution in [2.24, 2.45) is 18.0 Å². The van der Waals surface area contributed by atoms with Crippen molar-refractivity contribution >= 4 is 23.3 Å². The fourth-order valence-electron chi connectivity index (χ4n) is 2.86. The molecule has 0 spiro atoms. The van der Waals surface area contributed by atoms with E-state index in [0.29, 0.717) is 23.7 Å². The zero-order chi connectivity index (χ0) is 15.7. The fourth-order valence-corrected chi connectivity index (χ4v) is 2.86. The van der Waals surface area contributed by atoms with E-state index in [1.165, 1.54) is 17.2 Å². The summed E-state index contributed by atoms with van der Waals surface area (Å²) in [6, 6.07) is 0. The number of hydrazone groups is 1. The Kier molecular flexibility index (Phi) is 3.70. The molecule has 0 atom stereocenters. The first-order valence-corrected chi connectivity index (χ1v) is 7.29. The lowest BCUT2D eigenvalue weighted by molar-refractivity contribution is 0.562. The van der Waals surface area contributed by atoms with Gasteiger partial charge in [-0.1, -0.05) is 0 Å². The molecule has 118 valence electrons. The minimum atomic E-state index is -0.472. The van der Waals surface area contributed by atoms with Gasteiger partial charge in [0.25, 0.3) is 5.56 Å². The molecule has 9 nitrogen and oxygen atoms in total. The lowest BCUT2D eigenvalue weighted by Gasteiger charge is -2.27. The molecule has 0 amide bonds. The lowest BCUT2D eigenvalue weighted by atomic mass is 10.1. The van der Waals surface area contributed by atoms with E-state index < -0.39 is 11.2 Å². The molecule has 9 heteroatoms. The van der Waals surface area contributed by atoms with Crippen molar-refractivity contribution in [2.45, 2.75) is 25.8 Å². The number of hydrogen-bond acceptors (Lipinski definition) is 6.